The summed E-state index contributed by atoms with van der Waals surface area (Å²) in [7, 11) is 0. The lowest BCUT2D eigenvalue weighted by Gasteiger charge is -2.01. The fourth-order valence-electron chi connectivity index (χ4n) is 1.64. The van der Waals surface area contributed by atoms with Crippen molar-refractivity contribution < 1.29 is 8.78 Å². The molecule has 0 saturated carbocycles. The zero-order chi connectivity index (χ0) is 12.4. The van der Waals surface area contributed by atoms with Crippen LogP contribution in [0.1, 0.15) is 5.56 Å². The molecule has 0 bridgehead atoms. The van der Waals surface area contributed by atoms with E-state index < -0.39 is 11.6 Å². The molecule has 3 heteroatoms. The number of benzene rings is 1. The average Bonchev–Trinajstić information content (AvgIpc) is 2.44. The Morgan fingerprint density at radius 3 is 2.35 bits per heavy atom. The van der Waals surface area contributed by atoms with Crippen LogP contribution in [-0.4, -0.2) is 0 Å². The summed E-state index contributed by atoms with van der Waals surface area (Å²) in [5.74, 6) is -1.39. The highest BCUT2D eigenvalue weighted by Gasteiger charge is 2.09. The summed E-state index contributed by atoms with van der Waals surface area (Å²) >= 11 is 0. The largest absolute Gasteiger partial charge is 0.289 e. The van der Waals surface area contributed by atoms with Gasteiger partial charge in [0.1, 0.15) is 11.6 Å². The average molecular weight is 232 g/mol. The van der Waals surface area contributed by atoms with Crippen LogP contribution in [-0.2, 0) is 0 Å². The second kappa shape index (κ2) is 4.45. The highest BCUT2D eigenvalue weighted by Crippen LogP contribution is 2.20. The van der Waals surface area contributed by atoms with Crippen molar-refractivity contribution in [3.8, 4) is 11.1 Å². The molecule has 0 unspecified atom stereocenters. The SMILES string of the molecule is Cc1ccccc(-c2ccc(F)cc2F)c1=O. The molecule has 2 aromatic carbocycles. The monoisotopic (exact) mass is 232 g/mol. The van der Waals surface area contributed by atoms with Crippen LogP contribution in [0.3, 0.4) is 0 Å². The summed E-state index contributed by atoms with van der Waals surface area (Å²) < 4.78 is 26.4. The maximum atomic E-state index is 13.6. The van der Waals surface area contributed by atoms with Gasteiger partial charge in [0.15, 0.2) is 5.43 Å². The van der Waals surface area contributed by atoms with E-state index in [0.29, 0.717) is 5.56 Å². The third-order valence-corrected chi connectivity index (χ3v) is 2.54. The van der Waals surface area contributed by atoms with Crippen molar-refractivity contribution in [3.05, 3.63) is 69.9 Å². The van der Waals surface area contributed by atoms with Gasteiger partial charge in [-0.05, 0) is 24.6 Å². The van der Waals surface area contributed by atoms with Gasteiger partial charge in [-0.3, -0.25) is 4.79 Å². The van der Waals surface area contributed by atoms with Crippen molar-refractivity contribution in [3.63, 3.8) is 0 Å². The molecule has 0 fully saturated rings. The molecule has 0 aromatic heterocycles. The van der Waals surface area contributed by atoms with Crippen LogP contribution in [0.4, 0.5) is 8.78 Å². The molecular formula is C14H10F2O. The number of rotatable bonds is 1. The van der Waals surface area contributed by atoms with Crippen LogP contribution in [0.5, 0.6) is 0 Å². The second-order valence-corrected chi connectivity index (χ2v) is 3.77. The third kappa shape index (κ3) is 2.23. The van der Waals surface area contributed by atoms with E-state index in [0.717, 1.165) is 12.1 Å². The van der Waals surface area contributed by atoms with Crippen molar-refractivity contribution in [1.29, 1.82) is 0 Å². The smallest absolute Gasteiger partial charge is 0.189 e. The molecule has 17 heavy (non-hydrogen) atoms. The van der Waals surface area contributed by atoms with Crippen molar-refractivity contribution in [2.75, 3.05) is 0 Å². The molecular weight excluding hydrogens is 222 g/mol. The van der Waals surface area contributed by atoms with Gasteiger partial charge in [-0.2, -0.15) is 0 Å². The van der Waals surface area contributed by atoms with Crippen LogP contribution in [0.15, 0.2) is 47.3 Å². The van der Waals surface area contributed by atoms with Gasteiger partial charge in [0, 0.05) is 17.2 Å². The Bertz CT molecular complexity index is 621. The van der Waals surface area contributed by atoms with Crippen LogP contribution < -0.4 is 5.43 Å². The molecule has 0 radical (unpaired) electrons. The maximum absolute atomic E-state index is 13.6. The maximum Gasteiger partial charge on any atom is 0.189 e. The van der Waals surface area contributed by atoms with E-state index in [1.165, 1.54) is 12.1 Å². The molecule has 1 nitrogen and oxygen atoms in total. The number of aryl methyl sites for hydroxylation is 1. The molecule has 0 amide bonds. The van der Waals surface area contributed by atoms with Gasteiger partial charge in [-0.15, -0.1) is 0 Å². The Morgan fingerprint density at radius 1 is 0.941 bits per heavy atom. The first-order chi connectivity index (χ1) is 8.09. The zero-order valence-electron chi connectivity index (χ0n) is 9.21. The van der Waals surface area contributed by atoms with E-state index >= 15 is 0 Å². The minimum Gasteiger partial charge on any atom is -0.289 e. The van der Waals surface area contributed by atoms with E-state index in [-0.39, 0.29) is 16.6 Å². The van der Waals surface area contributed by atoms with Crippen LogP contribution in [0.2, 0.25) is 0 Å². The zero-order valence-corrected chi connectivity index (χ0v) is 9.21. The van der Waals surface area contributed by atoms with Gasteiger partial charge < -0.3 is 0 Å². The van der Waals surface area contributed by atoms with Crippen molar-refractivity contribution in [1.82, 2.24) is 0 Å². The molecule has 0 aliphatic carbocycles. The number of hydrogen-bond acceptors (Lipinski definition) is 1. The second-order valence-electron chi connectivity index (χ2n) is 3.77. The molecule has 0 heterocycles. The van der Waals surface area contributed by atoms with E-state index in [1.54, 1.807) is 25.1 Å². The topological polar surface area (TPSA) is 17.1 Å². The van der Waals surface area contributed by atoms with Crippen LogP contribution in [0.25, 0.3) is 11.1 Å². The molecule has 86 valence electrons. The standard InChI is InChI=1S/C14H10F2O/c1-9-4-2-3-5-12(14(9)17)11-7-6-10(15)8-13(11)16/h2-8H,1H3. The highest BCUT2D eigenvalue weighted by atomic mass is 19.1. The normalized spacial score (nSPS) is 10.3. The molecule has 0 aliphatic rings. The summed E-state index contributed by atoms with van der Waals surface area (Å²) in [5, 5.41) is 0. The fourth-order valence-corrected chi connectivity index (χ4v) is 1.64. The van der Waals surface area contributed by atoms with E-state index in [9.17, 15) is 13.6 Å². The first kappa shape index (κ1) is 11.5. The Balaban J connectivity index is 2.74. The van der Waals surface area contributed by atoms with Gasteiger partial charge in [-0.25, -0.2) is 8.78 Å². The Morgan fingerprint density at radius 2 is 1.65 bits per heavy atom. The fraction of sp³-hybridized carbons (Fsp3) is 0.0714. The lowest BCUT2D eigenvalue weighted by molar-refractivity contribution is 0.585. The van der Waals surface area contributed by atoms with Crippen molar-refractivity contribution in [2.24, 2.45) is 0 Å². The molecule has 0 N–H and O–H groups in total. The number of halogens is 2. The number of hydrogen-bond donors (Lipinski definition) is 0. The third-order valence-electron chi connectivity index (χ3n) is 2.54. The summed E-state index contributed by atoms with van der Waals surface area (Å²) in [6.07, 6.45) is 0. The highest BCUT2D eigenvalue weighted by molar-refractivity contribution is 5.64. The van der Waals surface area contributed by atoms with E-state index in [2.05, 4.69) is 0 Å². The van der Waals surface area contributed by atoms with E-state index in [4.69, 9.17) is 0 Å². The van der Waals surface area contributed by atoms with Gasteiger partial charge >= 0.3 is 0 Å². The minimum atomic E-state index is -0.729. The van der Waals surface area contributed by atoms with Crippen molar-refractivity contribution in [2.45, 2.75) is 6.92 Å². The summed E-state index contributed by atoms with van der Waals surface area (Å²) in [6, 6.07) is 9.76. The molecule has 2 aromatic rings. The molecule has 2 rings (SSSR count). The summed E-state index contributed by atoms with van der Waals surface area (Å²) in [4.78, 5) is 11.9. The Kier molecular flexibility index (Phi) is 3.00. The van der Waals surface area contributed by atoms with Gasteiger partial charge in [-0.1, -0.05) is 24.3 Å². The molecule has 0 saturated heterocycles. The minimum absolute atomic E-state index is 0.121. The predicted octanol–water partition coefficient (Wildman–Crippen LogP) is 3.30. The summed E-state index contributed by atoms with van der Waals surface area (Å²) in [6.45, 7) is 1.66. The first-order valence-electron chi connectivity index (χ1n) is 5.15. The Labute approximate surface area is 97.4 Å². The quantitative estimate of drug-likeness (QED) is 0.737. The first-order valence-corrected chi connectivity index (χ1v) is 5.15. The van der Waals surface area contributed by atoms with Crippen molar-refractivity contribution >= 4 is 0 Å². The van der Waals surface area contributed by atoms with Gasteiger partial charge in [0.2, 0.25) is 0 Å². The lowest BCUT2D eigenvalue weighted by atomic mass is 10.1. The van der Waals surface area contributed by atoms with Crippen LogP contribution >= 0.6 is 0 Å². The summed E-state index contributed by atoms with van der Waals surface area (Å²) in [5.41, 5.74) is 0.634. The predicted molar refractivity (Wildman–Crippen MR) is 62.8 cm³/mol. The lowest BCUT2D eigenvalue weighted by Crippen LogP contribution is -2.05. The molecule has 0 atom stereocenters. The van der Waals surface area contributed by atoms with Gasteiger partial charge in [0.05, 0.1) is 0 Å². The van der Waals surface area contributed by atoms with E-state index in [1.807, 2.05) is 0 Å². The molecule has 0 spiro atoms. The Hall–Kier alpha value is -2.03. The van der Waals surface area contributed by atoms with Gasteiger partial charge in [0.25, 0.3) is 0 Å². The van der Waals surface area contributed by atoms with Crippen LogP contribution in [0, 0.1) is 18.6 Å². The molecule has 0 aliphatic heterocycles.